The third kappa shape index (κ3) is 5.61. The van der Waals surface area contributed by atoms with E-state index in [2.05, 4.69) is 15.5 Å². The SMILES string of the molecule is COc1ccc2cc1OCCCNC(=O)c1cc(ccc1O)Oc1ccc3c(c1)CCN(C(=O)c1cc(-c4ccccc4)n[nH]1)C23. The summed E-state index contributed by atoms with van der Waals surface area (Å²) in [5.41, 5.74) is 4.98. The van der Waals surface area contributed by atoms with E-state index in [0.717, 1.165) is 22.3 Å². The van der Waals surface area contributed by atoms with Crippen LogP contribution in [0.25, 0.3) is 11.3 Å². The van der Waals surface area contributed by atoms with Gasteiger partial charge in [0.25, 0.3) is 11.8 Å². The lowest BCUT2D eigenvalue weighted by Gasteiger charge is -2.38. The number of aromatic amines is 1. The number of hydrogen-bond donors (Lipinski definition) is 3. The van der Waals surface area contributed by atoms with Crippen LogP contribution in [0.15, 0.2) is 91.0 Å². The maximum atomic E-state index is 14.2. The minimum Gasteiger partial charge on any atom is -0.507 e. The van der Waals surface area contributed by atoms with Crippen LogP contribution in [0.1, 0.15) is 50.0 Å². The molecule has 0 spiro atoms. The number of phenols is 1. The van der Waals surface area contributed by atoms with Crippen LogP contribution in [-0.2, 0) is 6.42 Å². The number of carbonyl (C=O) groups excluding carboxylic acids is 2. The Morgan fingerprint density at radius 2 is 1.83 bits per heavy atom. The lowest BCUT2D eigenvalue weighted by Crippen LogP contribution is -2.40. The van der Waals surface area contributed by atoms with E-state index in [1.165, 1.54) is 12.1 Å². The van der Waals surface area contributed by atoms with E-state index in [9.17, 15) is 14.7 Å². The van der Waals surface area contributed by atoms with Gasteiger partial charge in [0.15, 0.2) is 11.5 Å². The van der Waals surface area contributed by atoms with Gasteiger partial charge in [-0.15, -0.1) is 0 Å². The Bertz CT molecular complexity index is 1920. The minimum absolute atomic E-state index is 0.121. The Hall–Kier alpha value is -5.77. The monoisotopic (exact) mass is 616 g/mol. The lowest BCUT2D eigenvalue weighted by atomic mass is 9.87. The average Bonchev–Trinajstić information content (AvgIpc) is 3.58. The second-order valence-electron chi connectivity index (χ2n) is 11.2. The van der Waals surface area contributed by atoms with E-state index in [-0.39, 0.29) is 17.2 Å². The van der Waals surface area contributed by atoms with Crippen molar-refractivity contribution in [2.45, 2.75) is 18.9 Å². The number of aromatic hydroxyl groups is 1. The highest BCUT2D eigenvalue weighted by molar-refractivity contribution is 5.97. The fourth-order valence-electron chi connectivity index (χ4n) is 6.01. The van der Waals surface area contributed by atoms with Gasteiger partial charge in [0, 0.05) is 18.7 Å². The molecule has 2 amide bonds. The average molecular weight is 617 g/mol. The number of carbonyl (C=O) groups is 2. The molecule has 0 saturated carbocycles. The summed E-state index contributed by atoms with van der Waals surface area (Å²) in [5, 5.41) is 20.6. The molecule has 3 aliphatic rings. The van der Waals surface area contributed by atoms with Gasteiger partial charge in [-0.3, -0.25) is 14.7 Å². The summed E-state index contributed by atoms with van der Waals surface area (Å²) in [4.78, 5) is 28.9. The largest absolute Gasteiger partial charge is 0.507 e. The van der Waals surface area contributed by atoms with Crippen molar-refractivity contribution in [2.24, 2.45) is 0 Å². The summed E-state index contributed by atoms with van der Waals surface area (Å²) in [6.45, 7) is 1.08. The van der Waals surface area contributed by atoms with Crippen LogP contribution in [0.2, 0.25) is 0 Å². The van der Waals surface area contributed by atoms with Crippen LogP contribution >= 0.6 is 0 Å². The zero-order valence-electron chi connectivity index (χ0n) is 25.2. The van der Waals surface area contributed by atoms with Gasteiger partial charge >= 0.3 is 0 Å². The minimum atomic E-state index is -0.430. The lowest BCUT2D eigenvalue weighted by molar-refractivity contribution is 0.0688. The van der Waals surface area contributed by atoms with Crippen LogP contribution in [0.3, 0.4) is 0 Å². The fourth-order valence-corrected chi connectivity index (χ4v) is 6.01. The second-order valence-corrected chi connectivity index (χ2v) is 11.2. The first-order valence-corrected chi connectivity index (χ1v) is 15.1. The second kappa shape index (κ2) is 12.3. The maximum absolute atomic E-state index is 14.2. The van der Waals surface area contributed by atoms with Crippen LogP contribution in [0.4, 0.5) is 0 Å². The van der Waals surface area contributed by atoms with E-state index in [0.29, 0.717) is 66.9 Å². The molecule has 1 unspecified atom stereocenters. The van der Waals surface area contributed by atoms with Crippen LogP contribution in [0, 0.1) is 0 Å². The molecule has 10 nitrogen and oxygen atoms in total. The summed E-state index contributed by atoms with van der Waals surface area (Å²) in [6.07, 6.45) is 1.11. The number of nitrogens with one attached hydrogen (secondary N) is 2. The number of benzene rings is 4. The van der Waals surface area contributed by atoms with Gasteiger partial charge in [-0.25, -0.2) is 0 Å². The molecule has 8 bridgehead atoms. The standard InChI is InChI=1S/C36H32N4O6/c1-44-32-13-8-24-19-33(32)45-17-5-15-37-35(42)28-20-26(10-12-31(28)41)46-25-9-11-27-23(18-25)14-16-40(34(24)27)36(43)30-21-29(38-39-30)22-6-3-2-4-7-22/h2-4,6-13,18-21,34,41H,5,14-17H2,1H3,(H,37,42)(H,38,39). The number of H-pyrrole nitrogens is 1. The molecule has 1 aromatic heterocycles. The van der Waals surface area contributed by atoms with E-state index >= 15 is 0 Å². The molecule has 4 aromatic carbocycles. The zero-order valence-corrected chi connectivity index (χ0v) is 25.2. The molecule has 4 heterocycles. The molecule has 0 radical (unpaired) electrons. The quantitative estimate of drug-likeness (QED) is 0.231. The van der Waals surface area contributed by atoms with Gasteiger partial charge < -0.3 is 29.5 Å². The number of fused-ring (bicyclic) bond motifs is 6. The highest BCUT2D eigenvalue weighted by atomic mass is 16.5. The van der Waals surface area contributed by atoms with E-state index < -0.39 is 11.9 Å². The molecular weight excluding hydrogens is 584 g/mol. The van der Waals surface area contributed by atoms with Crippen molar-refractivity contribution in [1.29, 1.82) is 0 Å². The Morgan fingerprint density at radius 1 is 1.00 bits per heavy atom. The van der Waals surface area contributed by atoms with Gasteiger partial charge in [-0.05, 0) is 78.1 Å². The third-order valence-electron chi connectivity index (χ3n) is 8.30. The Balaban J connectivity index is 1.30. The highest BCUT2D eigenvalue weighted by Crippen LogP contribution is 2.41. The molecule has 46 heavy (non-hydrogen) atoms. The van der Waals surface area contributed by atoms with Crippen molar-refractivity contribution < 1.29 is 28.9 Å². The summed E-state index contributed by atoms with van der Waals surface area (Å²) in [5.74, 6) is 1.38. The molecule has 0 aliphatic carbocycles. The van der Waals surface area contributed by atoms with Gasteiger partial charge in [-0.1, -0.05) is 42.5 Å². The summed E-state index contributed by atoms with van der Waals surface area (Å²) >= 11 is 0. The first-order valence-electron chi connectivity index (χ1n) is 15.1. The van der Waals surface area contributed by atoms with Crippen LogP contribution < -0.4 is 19.5 Å². The summed E-state index contributed by atoms with van der Waals surface area (Å²) < 4.78 is 17.9. The van der Waals surface area contributed by atoms with Crippen LogP contribution in [-0.4, -0.2) is 58.8 Å². The number of amides is 2. The molecule has 3 aliphatic heterocycles. The summed E-state index contributed by atoms with van der Waals surface area (Å²) in [6, 6.07) is 27.2. The number of rotatable bonds is 3. The molecule has 3 N–H and O–H groups in total. The third-order valence-corrected chi connectivity index (χ3v) is 8.30. The normalized spacial score (nSPS) is 16.0. The van der Waals surface area contributed by atoms with Crippen molar-refractivity contribution in [1.82, 2.24) is 20.4 Å². The first kappa shape index (κ1) is 29.0. The number of methoxy groups -OCH3 is 1. The Kier molecular flexibility index (Phi) is 7.76. The van der Waals surface area contributed by atoms with Crippen molar-refractivity contribution in [3.05, 3.63) is 119 Å². The molecular formula is C36H32N4O6. The number of aromatic nitrogens is 2. The molecule has 0 saturated heterocycles. The maximum Gasteiger partial charge on any atom is 0.272 e. The van der Waals surface area contributed by atoms with E-state index in [4.69, 9.17) is 14.2 Å². The topological polar surface area (TPSA) is 126 Å². The molecule has 0 fully saturated rings. The molecule has 8 rings (SSSR count). The number of ether oxygens (including phenoxy) is 3. The number of phenolic OH excluding ortho intramolecular Hbond substituents is 1. The van der Waals surface area contributed by atoms with Crippen molar-refractivity contribution in [3.8, 4) is 40.0 Å². The Labute approximate surface area is 265 Å². The van der Waals surface area contributed by atoms with Crippen molar-refractivity contribution in [2.75, 3.05) is 26.8 Å². The first-order chi connectivity index (χ1) is 22.5. The molecule has 5 aromatic rings. The highest BCUT2D eigenvalue weighted by Gasteiger charge is 2.34. The number of nitrogens with zero attached hydrogens (tertiary/aromatic N) is 2. The van der Waals surface area contributed by atoms with Crippen molar-refractivity contribution in [3.63, 3.8) is 0 Å². The van der Waals surface area contributed by atoms with Gasteiger partial charge in [-0.2, -0.15) is 5.10 Å². The van der Waals surface area contributed by atoms with Gasteiger partial charge in [0.2, 0.25) is 0 Å². The predicted molar refractivity (Wildman–Crippen MR) is 171 cm³/mol. The Morgan fingerprint density at radius 3 is 2.67 bits per heavy atom. The summed E-state index contributed by atoms with van der Waals surface area (Å²) in [7, 11) is 1.58. The number of hydrogen-bond acceptors (Lipinski definition) is 7. The smallest absolute Gasteiger partial charge is 0.272 e. The van der Waals surface area contributed by atoms with Gasteiger partial charge in [0.1, 0.15) is 22.9 Å². The van der Waals surface area contributed by atoms with E-state index in [1.54, 1.807) is 19.2 Å². The molecule has 232 valence electrons. The predicted octanol–water partition coefficient (Wildman–Crippen LogP) is 5.88. The molecule has 1 atom stereocenters. The van der Waals surface area contributed by atoms with E-state index in [1.807, 2.05) is 71.6 Å². The van der Waals surface area contributed by atoms with Crippen LogP contribution in [0.5, 0.6) is 28.7 Å². The van der Waals surface area contributed by atoms with Gasteiger partial charge in [0.05, 0.1) is 31.0 Å². The zero-order chi connectivity index (χ0) is 31.6. The fraction of sp³-hybridized carbons (Fsp3) is 0.194. The van der Waals surface area contributed by atoms with Crippen molar-refractivity contribution >= 4 is 11.8 Å². The molecule has 10 heteroatoms.